The van der Waals surface area contributed by atoms with Gasteiger partial charge in [-0.05, 0) is 30.5 Å². The molecule has 3 aromatic rings. The Morgan fingerprint density at radius 1 is 1.19 bits per heavy atom. The van der Waals surface area contributed by atoms with Crippen molar-refractivity contribution < 1.29 is 9.53 Å². The van der Waals surface area contributed by atoms with Crippen LogP contribution in [0, 0.1) is 0 Å². The molecule has 2 aromatic heterocycles. The van der Waals surface area contributed by atoms with E-state index in [1.807, 2.05) is 28.5 Å². The molecule has 1 aliphatic rings. The summed E-state index contributed by atoms with van der Waals surface area (Å²) in [7, 11) is 0. The van der Waals surface area contributed by atoms with Crippen LogP contribution < -0.4 is 9.64 Å². The largest absolute Gasteiger partial charge is 0.479 e. The van der Waals surface area contributed by atoms with Crippen LogP contribution in [0.1, 0.15) is 6.92 Å². The number of amides is 1. The van der Waals surface area contributed by atoms with Gasteiger partial charge in [-0.1, -0.05) is 23.7 Å². The zero-order valence-corrected chi connectivity index (χ0v) is 16.4. The van der Waals surface area contributed by atoms with Crippen LogP contribution in [-0.4, -0.2) is 53.1 Å². The van der Waals surface area contributed by atoms with Gasteiger partial charge in [0, 0.05) is 26.2 Å². The van der Waals surface area contributed by atoms with Crippen molar-refractivity contribution in [2.45, 2.75) is 13.0 Å². The highest BCUT2D eigenvalue weighted by Gasteiger charge is 2.27. The number of carbonyl (C=O) groups excluding carboxylic acids is 1. The summed E-state index contributed by atoms with van der Waals surface area (Å²) < 4.78 is 5.76. The Bertz CT molecular complexity index is 956. The number of fused-ring (bicyclic) bond motifs is 1. The van der Waals surface area contributed by atoms with Crippen molar-refractivity contribution in [1.82, 2.24) is 14.9 Å². The normalized spacial score (nSPS) is 15.8. The third-order valence-electron chi connectivity index (χ3n) is 4.62. The number of benzene rings is 1. The minimum atomic E-state index is -0.584. The summed E-state index contributed by atoms with van der Waals surface area (Å²) in [4.78, 5) is 26.5. The molecule has 0 spiro atoms. The molecule has 1 aromatic carbocycles. The Morgan fingerprint density at radius 2 is 1.96 bits per heavy atom. The van der Waals surface area contributed by atoms with E-state index in [1.54, 1.807) is 36.7 Å². The molecule has 0 bridgehead atoms. The van der Waals surface area contributed by atoms with E-state index in [0.29, 0.717) is 23.9 Å². The van der Waals surface area contributed by atoms with Crippen LogP contribution in [0.5, 0.6) is 5.75 Å². The summed E-state index contributed by atoms with van der Waals surface area (Å²) in [6.07, 6.45) is 1.02. The van der Waals surface area contributed by atoms with Crippen LogP contribution in [0.3, 0.4) is 0 Å². The molecule has 1 unspecified atom stereocenters. The van der Waals surface area contributed by atoms with E-state index in [-0.39, 0.29) is 5.91 Å². The Hall–Kier alpha value is -2.38. The molecule has 1 aliphatic heterocycles. The number of ether oxygens (including phenoxy) is 1. The molecule has 0 radical (unpaired) electrons. The van der Waals surface area contributed by atoms with E-state index in [2.05, 4.69) is 14.9 Å². The van der Waals surface area contributed by atoms with Crippen LogP contribution in [0.4, 0.5) is 5.82 Å². The number of hydrogen-bond acceptors (Lipinski definition) is 6. The molecular weight excluding hydrogens is 384 g/mol. The van der Waals surface area contributed by atoms with Crippen LogP contribution in [-0.2, 0) is 4.79 Å². The fraction of sp³-hybridized carbons (Fsp3) is 0.316. The lowest BCUT2D eigenvalue weighted by molar-refractivity contribution is -0.138. The summed E-state index contributed by atoms with van der Waals surface area (Å²) >= 11 is 7.72. The SMILES string of the molecule is CC(Oc1ccccc1Cl)C(=O)N1CCN(c2ncnc3sccc23)CC1. The molecule has 27 heavy (non-hydrogen) atoms. The minimum absolute atomic E-state index is 0.0297. The van der Waals surface area contributed by atoms with Gasteiger partial charge < -0.3 is 14.5 Å². The summed E-state index contributed by atoms with van der Waals surface area (Å²) in [5.74, 6) is 1.44. The molecule has 3 heterocycles. The number of rotatable bonds is 4. The first-order valence-electron chi connectivity index (χ1n) is 8.76. The Kier molecular flexibility index (Phi) is 5.13. The Labute approximate surface area is 166 Å². The molecule has 0 aliphatic carbocycles. The monoisotopic (exact) mass is 402 g/mol. The van der Waals surface area contributed by atoms with Gasteiger partial charge >= 0.3 is 0 Å². The van der Waals surface area contributed by atoms with Crippen molar-refractivity contribution >= 4 is 44.9 Å². The third-order valence-corrected chi connectivity index (χ3v) is 5.75. The molecule has 8 heteroatoms. The quantitative estimate of drug-likeness (QED) is 0.668. The maximum Gasteiger partial charge on any atom is 0.263 e. The topological polar surface area (TPSA) is 58.6 Å². The second-order valence-electron chi connectivity index (χ2n) is 6.34. The molecule has 140 valence electrons. The summed E-state index contributed by atoms with van der Waals surface area (Å²) in [6.45, 7) is 4.48. The van der Waals surface area contributed by atoms with Gasteiger partial charge in [-0.2, -0.15) is 0 Å². The van der Waals surface area contributed by atoms with E-state index >= 15 is 0 Å². The van der Waals surface area contributed by atoms with Crippen molar-refractivity contribution in [2.75, 3.05) is 31.1 Å². The van der Waals surface area contributed by atoms with Crippen LogP contribution in [0.2, 0.25) is 5.02 Å². The average molecular weight is 403 g/mol. The maximum absolute atomic E-state index is 12.7. The number of halogens is 1. The minimum Gasteiger partial charge on any atom is -0.479 e. The molecule has 0 N–H and O–H groups in total. The third kappa shape index (κ3) is 3.70. The number of carbonyl (C=O) groups is 1. The fourth-order valence-electron chi connectivity index (χ4n) is 3.21. The summed E-state index contributed by atoms with van der Waals surface area (Å²) in [6, 6.07) is 9.24. The molecule has 1 atom stereocenters. The number of piperazine rings is 1. The second-order valence-corrected chi connectivity index (χ2v) is 7.64. The highest BCUT2D eigenvalue weighted by molar-refractivity contribution is 7.16. The van der Waals surface area contributed by atoms with E-state index in [0.717, 1.165) is 29.1 Å². The highest BCUT2D eigenvalue weighted by atomic mass is 35.5. The molecule has 1 saturated heterocycles. The van der Waals surface area contributed by atoms with E-state index in [1.165, 1.54) is 0 Å². The van der Waals surface area contributed by atoms with Gasteiger partial charge in [0.15, 0.2) is 6.10 Å². The zero-order valence-electron chi connectivity index (χ0n) is 14.8. The summed E-state index contributed by atoms with van der Waals surface area (Å²) in [5, 5.41) is 3.60. The molecule has 6 nitrogen and oxygen atoms in total. The lowest BCUT2D eigenvalue weighted by Gasteiger charge is -2.36. The van der Waals surface area contributed by atoms with Crippen molar-refractivity contribution in [1.29, 1.82) is 0 Å². The van der Waals surface area contributed by atoms with Gasteiger partial charge in [-0.25, -0.2) is 9.97 Å². The second kappa shape index (κ2) is 7.70. The molecule has 1 fully saturated rings. The standard InChI is InChI=1S/C19H19ClN4O2S/c1-13(26-16-5-3-2-4-15(16)20)19(25)24-9-7-23(8-10-24)17-14-6-11-27-18(14)22-12-21-17/h2-6,11-13H,7-10H2,1H3. The number of aromatic nitrogens is 2. The lowest BCUT2D eigenvalue weighted by Crippen LogP contribution is -2.52. The number of hydrogen-bond donors (Lipinski definition) is 0. The predicted molar refractivity (Wildman–Crippen MR) is 108 cm³/mol. The van der Waals surface area contributed by atoms with E-state index in [4.69, 9.17) is 16.3 Å². The first kappa shape index (κ1) is 18.0. The zero-order chi connectivity index (χ0) is 18.8. The van der Waals surface area contributed by atoms with Gasteiger partial charge in [-0.15, -0.1) is 11.3 Å². The van der Waals surface area contributed by atoms with Gasteiger partial charge in [0.2, 0.25) is 0 Å². The first-order valence-corrected chi connectivity index (χ1v) is 10.0. The van der Waals surface area contributed by atoms with E-state index < -0.39 is 6.10 Å². The molecular formula is C19H19ClN4O2S. The smallest absolute Gasteiger partial charge is 0.263 e. The molecule has 1 amide bonds. The van der Waals surface area contributed by atoms with Crippen LogP contribution >= 0.6 is 22.9 Å². The van der Waals surface area contributed by atoms with Crippen molar-refractivity contribution in [3.8, 4) is 5.75 Å². The number of anilines is 1. The lowest BCUT2D eigenvalue weighted by atomic mass is 10.2. The van der Waals surface area contributed by atoms with Crippen molar-refractivity contribution in [3.05, 3.63) is 47.1 Å². The Balaban J connectivity index is 1.39. The fourth-order valence-corrected chi connectivity index (χ4v) is 4.11. The maximum atomic E-state index is 12.7. The average Bonchev–Trinajstić information content (AvgIpc) is 3.18. The van der Waals surface area contributed by atoms with Crippen LogP contribution in [0.25, 0.3) is 10.2 Å². The number of nitrogens with zero attached hydrogens (tertiary/aromatic N) is 4. The Morgan fingerprint density at radius 3 is 2.74 bits per heavy atom. The molecule has 4 rings (SSSR count). The predicted octanol–water partition coefficient (Wildman–Crippen LogP) is 3.46. The first-order chi connectivity index (χ1) is 13.1. The van der Waals surface area contributed by atoms with Crippen molar-refractivity contribution in [3.63, 3.8) is 0 Å². The number of thiophene rings is 1. The van der Waals surface area contributed by atoms with Gasteiger partial charge in [0.25, 0.3) is 5.91 Å². The van der Waals surface area contributed by atoms with Crippen molar-refractivity contribution in [2.24, 2.45) is 0 Å². The summed E-state index contributed by atoms with van der Waals surface area (Å²) in [5.41, 5.74) is 0. The van der Waals surface area contributed by atoms with Crippen LogP contribution in [0.15, 0.2) is 42.0 Å². The van der Waals surface area contributed by atoms with Gasteiger partial charge in [0.1, 0.15) is 22.7 Å². The van der Waals surface area contributed by atoms with Gasteiger partial charge in [-0.3, -0.25) is 4.79 Å². The number of para-hydroxylation sites is 1. The van der Waals surface area contributed by atoms with E-state index in [9.17, 15) is 4.79 Å². The highest BCUT2D eigenvalue weighted by Crippen LogP contribution is 2.28. The molecule has 0 saturated carbocycles. The van der Waals surface area contributed by atoms with Gasteiger partial charge in [0.05, 0.1) is 10.4 Å².